The molecule has 2 N–H and O–H groups in total. The second kappa shape index (κ2) is 2.18. The largest absolute Gasteiger partial charge is 0.368 e. The molecular formula is C3H8O2. The molecule has 0 aromatic carbocycles. The second-order valence-electron chi connectivity index (χ2n) is 0.449. The van der Waals surface area contributed by atoms with Crippen LogP contribution in [-0.2, 0) is 0 Å². The Kier molecular flexibility index (Phi) is 0.334. The van der Waals surface area contributed by atoms with Crippen LogP contribution in [0.4, 0.5) is 0 Å². The van der Waals surface area contributed by atoms with Crippen LogP contribution in [0.15, 0.2) is 0 Å². The molecule has 2 heteroatoms. The minimum Gasteiger partial charge on any atom is -0.368 e. The van der Waals surface area contributed by atoms with E-state index < -0.39 is 19.5 Å². The number of rotatable bonds is 1. The second-order valence-corrected chi connectivity index (χ2v) is 0.449. The van der Waals surface area contributed by atoms with Gasteiger partial charge >= 0.3 is 0 Å². The van der Waals surface area contributed by atoms with Crippen LogP contribution in [0.25, 0.3) is 0 Å². The molecule has 0 aromatic rings. The van der Waals surface area contributed by atoms with Crippen LogP contribution in [0.2, 0.25) is 0 Å². The van der Waals surface area contributed by atoms with E-state index in [4.69, 9.17) is 18.4 Å². The molecule has 0 aliphatic rings. The molecule has 0 heterocycles. The lowest BCUT2D eigenvalue weighted by atomic mass is 10.5. The highest BCUT2D eigenvalue weighted by atomic mass is 16.5. The summed E-state index contributed by atoms with van der Waals surface area (Å²) >= 11 is 0. The van der Waals surface area contributed by atoms with E-state index in [1.807, 2.05) is 0 Å². The van der Waals surface area contributed by atoms with Crippen LogP contribution < -0.4 is 0 Å². The SMILES string of the molecule is [2H]C([2H])([2H])C([2H])([2H])C([2H])(O)O. The van der Waals surface area contributed by atoms with Crippen molar-refractivity contribution in [2.24, 2.45) is 0 Å². The zero-order chi connectivity index (χ0) is 9.50. The van der Waals surface area contributed by atoms with Crippen molar-refractivity contribution in [3.63, 3.8) is 0 Å². The van der Waals surface area contributed by atoms with Gasteiger partial charge in [-0.25, -0.2) is 0 Å². The lowest BCUT2D eigenvalue weighted by Crippen LogP contribution is -1.99. The Morgan fingerprint density at radius 3 is 3.00 bits per heavy atom. The highest BCUT2D eigenvalue weighted by Crippen LogP contribution is 1.77. The van der Waals surface area contributed by atoms with E-state index in [-0.39, 0.29) is 0 Å². The van der Waals surface area contributed by atoms with Crippen molar-refractivity contribution in [3.05, 3.63) is 0 Å². The number of hydrogen-bond acceptors (Lipinski definition) is 2. The van der Waals surface area contributed by atoms with E-state index >= 15 is 0 Å². The highest BCUT2D eigenvalue weighted by molar-refractivity contribution is 4.21. The topological polar surface area (TPSA) is 40.5 Å². The summed E-state index contributed by atoms with van der Waals surface area (Å²) < 4.78 is 39.2. The maximum Gasteiger partial charge on any atom is 0.151 e. The van der Waals surface area contributed by atoms with E-state index in [1.165, 1.54) is 0 Å². The molecule has 5 heavy (non-hydrogen) atoms. The van der Waals surface area contributed by atoms with Crippen molar-refractivity contribution >= 4 is 0 Å². The van der Waals surface area contributed by atoms with Crippen LogP contribution in [0, 0.1) is 0 Å². The fourth-order valence-corrected chi connectivity index (χ4v) is 0. The Labute approximate surface area is 39.5 Å². The lowest BCUT2D eigenvalue weighted by molar-refractivity contribution is -0.0413. The molecule has 0 aromatic heterocycles. The zero-order valence-electron chi connectivity index (χ0n) is 8.39. The molecule has 0 saturated heterocycles. The van der Waals surface area contributed by atoms with Crippen molar-refractivity contribution in [1.29, 1.82) is 0 Å². The van der Waals surface area contributed by atoms with E-state index in [0.717, 1.165) is 0 Å². The molecule has 0 radical (unpaired) electrons. The van der Waals surface area contributed by atoms with E-state index in [0.29, 0.717) is 0 Å². The van der Waals surface area contributed by atoms with Gasteiger partial charge < -0.3 is 10.2 Å². The molecule has 0 fully saturated rings. The average Bonchev–Trinajstić information content (AvgIpc) is 1.58. The first kappa shape index (κ1) is 0.768. The molecule has 0 rings (SSSR count). The lowest BCUT2D eigenvalue weighted by Gasteiger charge is -1.90. The molecule has 0 saturated carbocycles. The summed E-state index contributed by atoms with van der Waals surface area (Å²) in [4.78, 5) is 0. The Morgan fingerprint density at radius 2 is 3.00 bits per heavy atom. The molecule has 0 unspecified atom stereocenters. The molecule has 0 aliphatic heterocycles. The summed E-state index contributed by atoms with van der Waals surface area (Å²) in [6.07, 6.45) is -6.95. The predicted molar refractivity (Wildman–Crippen MR) is 18.5 cm³/mol. The standard InChI is InChI=1S/C3H8O2/c1-2-3(4)5/h3-5H,2H2,1H3/i1D3,2D2,3D. The van der Waals surface area contributed by atoms with Gasteiger partial charge in [0.1, 0.15) is 0 Å². The molecule has 0 aliphatic carbocycles. The molecular weight excluding hydrogens is 68.0 g/mol. The van der Waals surface area contributed by atoms with Gasteiger partial charge in [-0.1, -0.05) is 6.85 Å². The Hall–Kier alpha value is -0.0800. The van der Waals surface area contributed by atoms with Crippen LogP contribution in [0.5, 0.6) is 0 Å². The van der Waals surface area contributed by atoms with Gasteiger partial charge in [0.15, 0.2) is 6.27 Å². The third kappa shape index (κ3) is 3.92. The van der Waals surface area contributed by atoms with Gasteiger partial charge in [-0.15, -0.1) is 0 Å². The van der Waals surface area contributed by atoms with Gasteiger partial charge in [-0.05, 0) is 6.37 Å². The van der Waals surface area contributed by atoms with Crippen molar-refractivity contribution < 1.29 is 18.4 Å². The maximum absolute atomic E-state index is 8.37. The third-order valence-electron chi connectivity index (χ3n) is 0.112. The summed E-state index contributed by atoms with van der Waals surface area (Å²) in [5.41, 5.74) is 0. The van der Waals surface area contributed by atoms with Crippen LogP contribution >= 0.6 is 0 Å². The zero-order valence-corrected chi connectivity index (χ0v) is 2.39. The maximum atomic E-state index is 8.37. The van der Waals surface area contributed by atoms with Crippen molar-refractivity contribution in [3.8, 4) is 0 Å². The van der Waals surface area contributed by atoms with Crippen molar-refractivity contribution in [2.75, 3.05) is 0 Å². The molecule has 0 spiro atoms. The monoisotopic (exact) mass is 82.1 g/mol. The molecule has 0 amide bonds. The summed E-state index contributed by atoms with van der Waals surface area (Å²) in [7, 11) is 0. The summed E-state index contributed by atoms with van der Waals surface area (Å²) in [6, 6.07) is 0. The van der Waals surface area contributed by atoms with E-state index in [2.05, 4.69) is 0 Å². The minimum absolute atomic E-state index is 3.22. The van der Waals surface area contributed by atoms with Gasteiger partial charge in [0.25, 0.3) is 0 Å². The number of aliphatic hydroxyl groups is 2. The van der Waals surface area contributed by atoms with Gasteiger partial charge in [-0.2, -0.15) is 0 Å². The van der Waals surface area contributed by atoms with Crippen LogP contribution in [-0.4, -0.2) is 16.5 Å². The van der Waals surface area contributed by atoms with E-state index in [1.54, 1.807) is 0 Å². The minimum atomic E-state index is -3.60. The van der Waals surface area contributed by atoms with E-state index in [9.17, 15) is 0 Å². The normalized spacial score (nSPS) is 34.8. The third-order valence-corrected chi connectivity index (χ3v) is 0.112. The smallest absolute Gasteiger partial charge is 0.151 e. The predicted octanol–water partition coefficient (Wildman–Crippen LogP) is -0.293. The van der Waals surface area contributed by atoms with Crippen molar-refractivity contribution in [2.45, 2.75) is 19.5 Å². The first-order valence-electron chi connectivity index (χ1n) is 3.95. The first-order chi connectivity index (χ1) is 4.50. The summed E-state index contributed by atoms with van der Waals surface area (Å²) in [5.74, 6) is 0. The summed E-state index contributed by atoms with van der Waals surface area (Å²) in [6.45, 7) is -3.22. The Morgan fingerprint density at radius 1 is 2.40 bits per heavy atom. The quantitative estimate of drug-likeness (QED) is 0.427. The van der Waals surface area contributed by atoms with Gasteiger partial charge in [0.2, 0.25) is 0 Å². The fourth-order valence-electron chi connectivity index (χ4n) is 0. The van der Waals surface area contributed by atoms with Crippen LogP contribution in [0.1, 0.15) is 21.4 Å². The number of hydrogen-bond donors (Lipinski definition) is 2. The average molecular weight is 82.1 g/mol. The first-order valence-corrected chi connectivity index (χ1v) is 0.947. The molecule has 0 atom stereocenters. The van der Waals surface area contributed by atoms with Gasteiger partial charge in [0, 0.05) is 6.85 Å². The van der Waals surface area contributed by atoms with Crippen LogP contribution in [0.3, 0.4) is 0 Å². The van der Waals surface area contributed by atoms with Crippen molar-refractivity contribution in [1.82, 2.24) is 0 Å². The van der Waals surface area contributed by atoms with Gasteiger partial charge in [-0.3, -0.25) is 0 Å². The molecule has 2 nitrogen and oxygen atoms in total. The fraction of sp³-hybridized carbons (Fsp3) is 1.00. The molecule has 0 bridgehead atoms. The Bertz CT molecular complexity index is 127. The summed E-state index contributed by atoms with van der Waals surface area (Å²) in [5, 5.41) is 16.7. The highest BCUT2D eigenvalue weighted by Gasteiger charge is 1.83. The molecule has 32 valence electrons. The Balaban J connectivity index is 4.75. The van der Waals surface area contributed by atoms with Gasteiger partial charge in [0.05, 0.1) is 1.37 Å².